The Morgan fingerprint density at radius 2 is 1.57 bits per heavy atom. The highest BCUT2D eigenvalue weighted by Crippen LogP contribution is 2.26. The van der Waals surface area contributed by atoms with Gasteiger partial charge in [0, 0.05) is 26.2 Å². The minimum atomic E-state index is -4.52. The molecule has 0 aliphatic carbocycles. The smallest absolute Gasteiger partial charge is 0.342 e. The van der Waals surface area contributed by atoms with Crippen molar-refractivity contribution in [2.75, 3.05) is 26.2 Å². The summed E-state index contributed by atoms with van der Waals surface area (Å²) in [5.41, 5.74) is 0. The van der Waals surface area contributed by atoms with Crippen molar-refractivity contribution in [2.45, 2.75) is 43.5 Å². The highest BCUT2D eigenvalue weighted by atomic mass is 32.2. The van der Waals surface area contributed by atoms with Crippen LogP contribution in [0.15, 0.2) is 0 Å². The van der Waals surface area contributed by atoms with Crippen molar-refractivity contribution in [3.8, 4) is 0 Å². The number of rotatable bonds is 3. The molecule has 1 amide bonds. The summed E-state index contributed by atoms with van der Waals surface area (Å²) in [7, 11) is -3.37. The number of alkyl halides is 3. The molecule has 0 unspecified atom stereocenters. The van der Waals surface area contributed by atoms with Crippen LogP contribution in [0.5, 0.6) is 0 Å². The molecule has 0 radical (unpaired) electrons. The first-order chi connectivity index (χ1) is 9.70. The van der Waals surface area contributed by atoms with Gasteiger partial charge in [0.1, 0.15) is 6.42 Å². The third kappa shape index (κ3) is 4.09. The number of piperidine rings is 1. The van der Waals surface area contributed by atoms with E-state index in [1.165, 1.54) is 4.31 Å². The zero-order chi connectivity index (χ0) is 15.7. The van der Waals surface area contributed by atoms with Gasteiger partial charge in [0.25, 0.3) is 0 Å². The SMILES string of the molecule is O=C(CC(F)(F)F)N1CCC(S(=O)(=O)N2CCCC2)CC1. The van der Waals surface area contributed by atoms with Crippen LogP contribution in [0.25, 0.3) is 0 Å². The number of hydrogen-bond donors (Lipinski definition) is 0. The molecule has 2 saturated heterocycles. The minimum absolute atomic E-state index is 0.0760. The number of carbonyl (C=O) groups is 1. The number of halogens is 3. The van der Waals surface area contributed by atoms with Crippen LogP contribution >= 0.6 is 0 Å². The zero-order valence-electron chi connectivity index (χ0n) is 11.6. The first-order valence-corrected chi connectivity index (χ1v) is 8.54. The summed E-state index contributed by atoms with van der Waals surface area (Å²) < 4.78 is 62.7. The standard InChI is InChI=1S/C12H19F3N2O3S/c13-12(14,15)9-11(18)16-7-3-10(4-8-16)21(19,20)17-5-1-2-6-17/h10H,1-9H2. The van der Waals surface area contributed by atoms with E-state index in [4.69, 9.17) is 0 Å². The highest BCUT2D eigenvalue weighted by molar-refractivity contribution is 7.89. The lowest BCUT2D eigenvalue weighted by atomic mass is 10.1. The lowest BCUT2D eigenvalue weighted by molar-refractivity contribution is -0.161. The fourth-order valence-electron chi connectivity index (χ4n) is 2.84. The van der Waals surface area contributed by atoms with Crippen LogP contribution < -0.4 is 0 Å². The quantitative estimate of drug-likeness (QED) is 0.786. The van der Waals surface area contributed by atoms with Crippen LogP contribution in [-0.2, 0) is 14.8 Å². The van der Waals surface area contributed by atoms with Gasteiger partial charge < -0.3 is 4.90 Å². The highest BCUT2D eigenvalue weighted by Gasteiger charge is 2.39. The molecule has 2 aliphatic rings. The maximum atomic E-state index is 12.3. The summed E-state index contributed by atoms with van der Waals surface area (Å²) in [5, 5.41) is -0.578. The molecular formula is C12H19F3N2O3S. The van der Waals surface area contributed by atoms with Crippen LogP contribution in [0, 0.1) is 0 Å². The van der Waals surface area contributed by atoms with Gasteiger partial charge in [-0.25, -0.2) is 12.7 Å². The zero-order valence-corrected chi connectivity index (χ0v) is 12.4. The van der Waals surface area contributed by atoms with Crippen molar-refractivity contribution in [3.63, 3.8) is 0 Å². The molecule has 2 rings (SSSR count). The van der Waals surface area contributed by atoms with E-state index in [1.54, 1.807) is 0 Å². The van der Waals surface area contributed by atoms with Gasteiger partial charge in [-0.1, -0.05) is 0 Å². The van der Waals surface area contributed by atoms with Crippen molar-refractivity contribution in [2.24, 2.45) is 0 Å². The maximum Gasteiger partial charge on any atom is 0.397 e. The molecule has 2 aliphatic heterocycles. The first-order valence-electron chi connectivity index (χ1n) is 7.03. The van der Waals surface area contributed by atoms with E-state index in [2.05, 4.69) is 0 Å². The lowest BCUT2D eigenvalue weighted by Gasteiger charge is -2.33. The second-order valence-corrected chi connectivity index (χ2v) is 7.74. The monoisotopic (exact) mass is 328 g/mol. The molecule has 122 valence electrons. The van der Waals surface area contributed by atoms with Crippen molar-refractivity contribution in [1.82, 2.24) is 9.21 Å². The number of sulfonamides is 1. The van der Waals surface area contributed by atoms with Gasteiger partial charge in [-0.05, 0) is 25.7 Å². The number of amides is 1. The van der Waals surface area contributed by atoms with Crippen molar-refractivity contribution in [1.29, 1.82) is 0 Å². The number of nitrogens with zero attached hydrogens (tertiary/aromatic N) is 2. The topological polar surface area (TPSA) is 57.7 Å². The van der Waals surface area contributed by atoms with Gasteiger partial charge in [0.2, 0.25) is 15.9 Å². The van der Waals surface area contributed by atoms with Gasteiger partial charge in [-0.3, -0.25) is 4.79 Å². The molecule has 2 fully saturated rings. The van der Waals surface area contributed by atoms with Gasteiger partial charge >= 0.3 is 6.18 Å². The Labute approximate surface area is 122 Å². The predicted octanol–water partition coefficient (Wildman–Crippen LogP) is 1.36. The average molecular weight is 328 g/mol. The Morgan fingerprint density at radius 1 is 1.05 bits per heavy atom. The second kappa shape index (κ2) is 6.12. The third-order valence-corrected chi connectivity index (χ3v) is 6.39. The summed E-state index contributed by atoms with van der Waals surface area (Å²) in [5.74, 6) is -0.973. The molecular weight excluding hydrogens is 309 g/mol. The van der Waals surface area contributed by atoms with Crippen molar-refractivity contribution in [3.05, 3.63) is 0 Å². The second-order valence-electron chi connectivity index (χ2n) is 5.52. The van der Waals surface area contributed by atoms with E-state index in [0.717, 1.165) is 17.7 Å². The molecule has 2 heterocycles. The van der Waals surface area contributed by atoms with E-state index >= 15 is 0 Å². The predicted molar refractivity (Wildman–Crippen MR) is 70.0 cm³/mol. The molecule has 0 aromatic carbocycles. The van der Waals surface area contributed by atoms with Crippen LogP contribution in [0.2, 0.25) is 0 Å². The Balaban J connectivity index is 1.89. The molecule has 0 saturated carbocycles. The molecule has 0 aromatic rings. The Kier molecular flexibility index (Phi) is 4.82. The van der Waals surface area contributed by atoms with Crippen molar-refractivity contribution >= 4 is 15.9 Å². The average Bonchev–Trinajstić information content (AvgIpc) is 2.91. The molecule has 9 heteroatoms. The van der Waals surface area contributed by atoms with Crippen LogP contribution in [0.4, 0.5) is 13.2 Å². The largest absolute Gasteiger partial charge is 0.397 e. The van der Waals surface area contributed by atoms with Gasteiger partial charge in [0.15, 0.2) is 0 Å². The van der Waals surface area contributed by atoms with E-state index in [-0.39, 0.29) is 25.9 Å². The summed E-state index contributed by atoms with van der Waals surface area (Å²) in [6.45, 7) is 1.20. The molecule has 0 bridgehead atoms. The van der Waals surface area contributed by atoms with Gasteiger partial charge in [-0.2, -0.15) is 13.2 Å². The summed E-state index contributed by atoms with van der Waals surface area (Å²) >= 11 is 0. The number of hydrogen-bond acceptors (Lipinski definition) is 3. The van der Waals surface area contributed by atoms with E-state index < -0.39 is 33.8 Å². The normalized spacial score (nSPS) is 22.7. The van der Waals surface area contributed by atoms with E-state index in [9.17, 15) is 26.4 Å². The number of carbonyl (C=O) groups excluding carboxylic acids is 1. The van der Waals surface area contributed by atoms with Crippen LogP contribution in [0.1, 0.15) is 32.1 Å². The fraction of sp³-hybridized carbons (Fsp3) is 0.917. The van der Waals surface area contributed by atoms with Gasteiger partial charge in [-0.15, -0.1) is 0 Å². The maximum absolute atomic E-state index is 12.3. The Hall–Kier alpha value is -0.830. The number of likely N-dealkylation sites (tertiary alicyclic amines) is 1. The summed E-state index contributed by atoms with van der Waals surface area (Å²) in [4.78, 5) is 12.6. The molecule has 5 nitrogen and oxygen atoms in total. The summed E-state index contributed by atoms with van der Waals surface area (Å²) in [6, 6.07) is 0. The Bertz CT molecular complexity index is 478. The molecule has 0 N–H and O–H groups in total. The molecule has 0 aromatic heterocycles. The fourth-order valence-corrected chi connectivity index (χ4v) is 4.84. The molecule has 21 heavy (non-hydrogen) atoms. The van der Waals surface area contributed by atoms with E-state index in [1.807, 2.05) is 0 Å². The molecule has 0 atom stereocenters. The lowest BCUT2D eigenvalue weighted by Crippen LogP contribution is -2.46. The third-order valence-electron chi connectivity index (χ3n) is 3.99. The Morgan fingerprint density at radius 3 is 2.05 bits per heavy atom. The van der Waals surface area contributed by atoms with Gasteiger partial charge in [0.05, 0.1) is 5.25 Å². The van der Waals surface area contributed by atoms with Crippen LogP contribution in [-0.4, -0.2) is 61.1 Å². The summed E-state index contributed by atoms with van der Waals surface area (Å²) in [6.07, 6.45) is -3.87. The van der Waals surface area contributed by atoms with Crippen LogP contribution in [0.3, 0.4) is 0 Å². The minimum Gasteiger partial charge on any atom is -0.342 e. The first kappa shape index (κ1) is 16.5. The van der Waals surface area contributed by atoms with E-state index in [0.29, 0.717) is 13.1 Å². The van der Waals surface area contributed by atoms with Crippen molar-refractivity contribution < 1.29 is 26.4 Å². The molecule has 0 spiro atoms.